The van der Waals surface area contributed by atoms with Crippen molar-refractivity contribution in [3.05, 3.63) is 108 Å². The van der Waals surface area contributed by atoms with Crippen LogP contribution in [0.15, 0.2) is 97.1 Å². The number of carbonyl (C=O) groups excluding carboxylic acids is 2. The van der Waals surface area contributed by atoms with Crippen molar-refractivity contribution < 1.29 is 9.59 Å². The van der Waals surface area contributed by atoms with Crippen molar-refractivity contribution in [2.45, 2.75) is 50.7 Å². The first kappa shape index (κ1) is 28.5. The summed E-state index contributed by atoms with van der Waals surface area (Å²) >= 11 is 0. The molecule has 0 unspecified atom stereocenters. The van der Waals surface area contributed by atoms with Gasteiger partial charge in [-0.05, 0) is 58.8 Å². The number of benzene rings is 4. The highest BCUT2D eigenvalue weighted by Gasteiger charge is 2.30. The standard InChI is InChI=1S/C35H40N4O2/c36-21-7-6-15-33-35(41)39(25-30-13-8-12-29-11-4-5-14-32(29)30)22-20-31(38-33)24-37-34(40)23-26-16-18-28(19-17-26)27-9-2-1-3-10-27/h1-5,8-14,16-19,31,33,38H,6-7,15,20-25,36H2,(H,37,40)/t31-,33+/m1/s1. The Bertz CT molecular complexity index is 1430. The monoisotopic (exact) mass is 548 g/mol. The zero-order valence-electron chi connectivity index (χ0n) is 23.6. The molecule has 6 nitrogen and oxygen atoms in total. The molecular formula is C35H40N4O2. The highest BCUT2D eigenvalue weighted by molar-refractivity contribution is 5.87. The third-order valence-corrected chi connectivity index (χ3v) is 7.95. The van der Waals surface area contributed by atoms with Crippen LogP contribution in [0.3, 0.4) is 0 Å². The zero-order chi connectivity index (χ0) is 28.4. The molecule has 6 heteroatoms. The minimum atomic E-state index is -0.286. The van der Waals surface area contributed by atoms with Gasteiger partial charge in [0.1, 0.15) is 0 Å². The van der Waals surface area contributed by atoms with Crippen LogP contribution in [0.5, 0.6) is 0 Å². The fourth-order valence-electron chi connectivity index (χ4n) is 5.67. The summed E-state index contributed by atoms with van der Waals surface area (Å²) in [5.74, 6) is 0.115. The van der Waals surface area contributed by atoms with Crippen LogP contribution < -0.4 is 16.4 Å². The van der Waals surface area contributed by atoms with Crippen LogP contribution in [0.1, 0.15) is 36.8 Å². The average Bonchev–Trinajstić information content (AvgIpc) is 3.15. The second-order valence-electron chi connectivity index (χ2n) is 10.9. The van der Waals surface area contributed by atoms with Crippen LogP contribution in [0.25, 0.3) is 21.9 Å². The molecule has 212 valence electrons. The molecule has 4 aromatic rings. The molecule has 1 fully saturated rings. The predicted molar refractivity (Wildman–Crippen MR) is 166 cm³/mol. The highest BCUT2D eigenvalue weighted by atomic mass is 16.2. The van der Waals surface area contributed by atoms with Gasteiger partial charge in [0.05, 0.1) is 12.5 Å². The van der Waals surface area contributed by atoms with Gasteiger partial charge in [0, 0.05) is 25.7 Å². The molecule has 1 aliphatic rings. The Morgan fingerprint density at radius 2 is 1.61 bits per heavy atom. The van der Waals surface area contributed by atoms with Gasteiger partial charge in [0.25, 0.3) is 0 Å². The molecule has 0 aliphatic carbocycles. The lowest BCUT2D eigenvalue weighted by molar-refractivity contribution is -0.133. The van der Waals surface area contributed by atoms with Gasteiger partial charge in [-0.15, -0.1) is 0 Å². The number of nitrogens with one attached hydrogen (secondary N) is 2. The fourth-order valence-corrected chi connectivity index (χ4v) is 5.67. The van der Waals surface area contributed by atoms with Crippen LogP contribution >= 0.6 is 0 Å². The largest absolute Gasteiger partial charge is 0.354 e. The third-order valence-electron chi connectivity index (χ3n) is 7.95. The van der Waals surface area contributed by atoms with Gasteiger partial charge in [-0.3, -0.25) is 9.59 Å². The minimum Gasteiger partial charge on any atom is -0.354 e. The molecular weight excluding hydrogens is 508 g/mol. The van der Waals surface area contributed by atoms with Crippen molar-refractivity contribution in [3.8, 4) is 11.1 Å². The molecule has 1 saturated heterocycles. The summed E-state index contributed by atoms with van der Waals surface area (Å²) in [5.41, 5.74) is 10.2. The zero-order valence-corrected chi connectivity index (χ0v) is 23.6. The maximum Gasteiger partial charge on any atom is 0.240 e. The summed E-state index contributed by atoms with van der Waals surface area (Å²) in [7, 11) is 0. The van der Waals surface area contributed by atoms with Gasteiger partial charge in [0.15, 0.2) is 0 Å². The van der Waals surface area contributed by atoms with Gasteiger partial charge >= 0.3 is 0 Å². The number of hydrogen-bond acceptors (Lipinski definition) is 4. The molecule has 2 amide bonds. The number of rotatable bonds is 11. The molecule has 1 heterocycles. The van der Waals surface area contributed by atoms with E-state index in [1.54, 1.807) is 0 Å². The number of unbranched alkanes of at least 4 members (excludes halogenated alkanes) is 1. The lowest BCUT2D eigenvalue weighted by Gasteiger charge is -2.25. The van der Waals surface area contributed by atoms with Crippen LogP contribution in [0, 0.1) is 0 Å². The van der Waals surface area contributed by atoms with Gasteiger partial charge < -0.3 is 21.3 Å². The third kappa shape index (κ3) is 7.60. The Labute approximate surface area is 242 Å². The normalized spacial score (nSPS) is 17.4. The number of hydrogen-bond donors (Lipinski definition) is 3. The first-order valence-electron chi connectivity index (χ1n) is 14.7. The quantitative estimate of drug-likeness (QED) is 0.229. The Morgan fingerprint density at radius 1 is 0.878 bits per heavy atom. The maximum absolute atomic E-state index is 13.7. The van der Waals surface area contributed by atoms with E-state index in [-0.39, 0.29) is 23.9 Å². The van der Waals surface area contributed by atoms with Crippen LogP contribution in [0.4, 0.5) is 0 Å². The Hall–Kier alpha value is -4.00. The summed E-state index contributed by atoms with van der Waals surface area (Å²) in [4.78, 5) is 28.5. The van der Waals surface area contributed by atoms with Crippen molar-refractivity contribution in [3.63, 3.8) is 0 Å². The topological polar surface area (TPSA) is 87.5 Å². The lowest BCUT2D eigenvalue weighted by Crippen LogP contribution is -2.48. The molecule has 4 aromatic carbocycles. The summed E-state index contributed by atoms with van der Waals surface area (Å²) in [6.07, 6.45) is 3.61. The van der Waals surface area contributed by atoms with Crippen LogP contribution in [-0.2, 0) is 22.6 Å². The average molecular weight is 549 g/mol. The van der Waals surface area contributed by atoms with E-state index in [2.05, 4.69) is 65.2 Å². The fraction of sp³-hybridized carbons (Fsp3) is 0.314. The van der Waals surface area contributed by atoms with Crippen molar-refractivity contribution in [2.24, 2.45) is 5.73 Å². The number of nitrogens with two attached hydrogens (primary N) is 1. The van der Waals surface area contributed by atoms with E-state index in [1.165, 1.54) is 10.8 Å². The van der Waals surface area contributed by atoms with Gasteiger partial charge in [-0.1, -0.05) is 103 Å². The summed E-state index contributed by atoms with van der Waals surface area (Å²) in [6, 6.07) is 32.7. The van der Waals surface area contributed by atoms with E-state index < -0.39 is 0 Å². The second kappa shape index (κ2) is 14.1. The van der Waals surface area contributed by atoms with Crippen LogP contribution in [-0.4, -0.2) is 48.4 Å². The Balaban J connectivity index is 1.20. The predicted octanol–water partition coefficient (Wildman–Crippen LogP) is 5.05. The van der Waals surface area contributed by atoms with E-state index in [9.17, 15) is 9.59 Å². The van der Waals surface area contributed by atoms with Gasteiger partial charge in [0.2, 0.25) is 11.8 Å². The van der Waals surface area contributed by atoms with Crippen molar-refractivity contribution in [1.29, 1.82) is 0 Å². The summed E-state index contributed by atoms with van der Waals surface area (Å²) in [6.45, 7) is 2.33. The number of nitrogens with zero attached hydrogens (tertiary/aromatic N) is 1. The second-order valence-corrected chi connectivity index (χ2v) is 10.9. The van der Waals surface area contributed by atoms with Crippen LogP contribution in [0.2, 0.25) is 0 Å². The number of fused-ring (bicyclic) bond motifs is 1. The molecule has 0 saturated carbocycles. The van der Waals surface area contributed by atoms with E-state index in [4.69, 9.17) is 5.73 Å². The number of amides is 2. The lowest BCUT2D eigenvalue weighted by atomic mass is 10.0. The van der Waals surface area contributed by atoms with E-state index in [0.717, 1.165) is 47.9 Å². The molecule has 0 spiro atoms. The molecule has 0 aromatic heterocycles. The van der Waals surface area contributed by atoms with Gasteiger partial charge in [-0.25, -0.2) is 0 Å². The minimum absolute atomic E-state index is 0.0119. The molecule has 41 heavy (non-hydrogen) atoms. The molecule has 1 aliphatic heterocycles. The summed E-state index contributed by atoms with van der Waals surface area (Å²) < 4.78 is 0. The molecule has 0 radical (unpaired) electrons. The molecule has 2 atom stereocenters. The smallest absolute Gasteiger partial charge is 0.240 e. The van der Waals surface area contributed by atoms with E-state index in [1.807, 2.05) is 47.4 Å². The van der Waals surface area contributed by atoms with Crippen molar-refractivity contribution in [1.82, 2.24) is 15.5 Å². The highest BCUT2D eigenvalue weighted by Crippen LogP contribution is 2.23. The van der Waals surface area contributed by atoms with Crippen molar-refractivity contribution in [2.75, 3.05) is 19.6 Å². The molecule has 5 rings (SSSR count). The molecule has 0 bridgehead atoms. The summed E-state index contributed by atoms with van der Waals surface area (Å²) in [5, 5.41) is 9.05. The Kier molecular flexibility index (Phi) is 9.78. The molecule has 4 N–H and O–H groups in total. The first-order valence-corrected chi connectivity index (χ1v) is 14.7. The SMILES string of the molecule is NCCCC[C@@H]1N[C@@H](CNC(=O)Cc2ccc(-c3ccccc3)cc2)CCN(Cc2cccc3ccccc23)C1=O. The van der Waals surface area contributed by atoms with E-state index >= 15 is 0 Å². The Morgan fingerprint density at radius 3 is 2.41 bits per heavy atom. The van der Waals surface area contributed by atoms with E-state index in [0.29, 0.717) is 32.6 Å². The maximum atomic E-state index is 13.7. The van der Waals surface area contributed by atoms with Gasteiger partial charge in [-0.2, -0.15) is 0 Å². The van der Waals surface area contributed by atoms with Crippen molar-refractivity contribution >= 4 is 22.6 Å². The first-order chi connectivity index (χ1) is 20.1. The number of carbonyl (C=O) groups is 2.